The number of halogens is 1. The molecule has 4 nitrogen and oxygen atoms in total. The Morgan fingerprint density at radius 3 is 2.76 bits per heavy atom. The Hall–Kier alpha value is -0.820. The topological polar surface area (TPSA) is 47.6 Å². The maximum Gasteiger partial charge on any atom is 0.253 e. The third kappa shape index (κ3) is 4.16. The van der Waals surface area contributed by atoms with Gasteiger partial charge in [-0.3, -0.25) is 4.79 Å². The number of hydrogen-bond donors (Lipinski definition) is 1. The summed E-state index contributed by atoms with van der Waals surface area (Å²) in [5, 5.41) is 2.82. The van der Waals surface area contributed by atoms with Crippen molar-refractivity contribution < 1.29 is 14.3 Å². The number of carbonyl (C=O) groups is 1. The molecule has 0 aliphatic heterocycles. The third-order valence-corrected chi connectivity index (χ3v) is 3.11. The molecule has 1 aromatic rings. The molecule has 0 aliphatic carbocycles. The van der Waals surface area contributed by atoms with Gasteiger partial charge in [0, 0.05) is 10.2 Å². The number of nitrogens with one attached hydrogen (secondary N) is 1. The quantitative estimate of drug-likeness (QED) is 0.832. The zero-order valence-corrected chi connectivity index (χ0v) is 12.3. The molecule has 1 amide bonds. The number of benzene rings is 1. The maximum atomic E-state index is 11.7. The highest BCUT2D eigenvalue weighted by Gasteiger charge is 2.14. The summed E-state index contributed by atoms with van der Waals surface area (Å²) in [6.45, 7) is 4.12. The van der Waals surface area contributed by atoms with E-state index in [1.807, 2.05) is 25.1 Å². The largest absolute Gasteiger partial charge is 0.497 e. The first-order valence-corrected chi connectivity index (χ1v) is 6.42. The second-order valence-electron chi connectivity index (χ2n) is 3.43. The van der Waals surface area contributed by atoms with Gasteiger partial charge in [-0.25, -0.2) is 0 Å². The summed E-state index contributed by atoms with van der Waals surface area (Å²) >= 11 is 2.15. The van der Waals surface area contributed by atoms with Crippen LogP contribution in [0.5, 0.6) is 5.75 Å². The van der Waals surface area contributed by atoms with Crippen molar-refractivity contribution in [3.8, 4) is 5.75 Å². The molecule has 0 bridgehead atoms. The van der Waals surface area contributed by atoms with Crippen molar-refractivity contribution >= 4 is 34.2 Å². The normalized spacial score (nSPS) is 12.0. The standard InChI is InChI=1S/C12H16INO3/c1-4-17-8(2)12(15)14-11-6-5-9(16-3)7-10(11)13/h5-8H,4H2,1-3H3,(H,14,15)/t8-/m0/s1. The molecule has 1 atom stereocenters. The summed E-state index contributed by atoms with van der Waals surface area (Å²) in [7, 11) is 1.61. The van der Waals surface area contributed by atoms with Gasteiger partial charge in [-0.05, 0) is 54.6 Å². The van der Waals surface area contributed by atoms with E-state index in [0.29, 0.717) is 6.61 Å². The number of hydrogen-bond acceptors (Lipinski definition) is 3. The molecular weight excluding hydrogens is 333 g/mol. The lowest BCUT2D eigenvalue weighted by Gasteiger charge is -2.13. The van der Waals surface area contributed by atoms with Gasteiger partial charge in [0.05, 0.1) is 12.8 Å². The van der Waals surface area contributed by atoms with Crippen LogP contribution in [-0.2, 0) is 9.53 Å². The lowest BCUT2D eigenvalue weighted by molar-refractivity contribution is -0.126. The van der Waals surface area contributed by atoms with Gasteiger partial charge in [-0.15, -0.1) is 0 Å². The second kappa shape index (κ2) is 6.80. The molecule has 1 aromatic carbocycles. The number of ether oxygens (including phenoxy) is 2. The first-order chi connectivity index (χ1) is 8.08. The third-order valence-electron chi connectivity index (χ3n) is 2.22. The van der Waals surface area contributed by atoms with E-state index in [0.717, 1.165) is 15.0 Å². The Bertz CT molecular complexity index is 395. The van der Waals surface area contributed by atoms with Crippen molar-refractivity contribution in [1.29, 1.82) is 0 Å². The fraction of sp³-hybridized carbons (Fsp3) is 0.417. The van der Waals surface area contributed by atoms with Gasteiger partial charge >= 0.3 is 0 Å². The Balaban J connectivity index is 2.71. The minimum absolute atomic E-state index is 0.144. The molecule has 1 rings (SSSR count). The number of methoxy groups -OCH3 is 1. The van der Waals surface area contributed by atoms with Crippen LogP contribution in [0.1, 0.15) is 13.8 Å². The zero-order chi connectivity index (χ0) is 12.8. The molecule has 0 spiro atoms. The Kier molecular flexibility index (Phi) is 5.70. The summed E-state index contributed by atoms with van der Waals surface area (Å²) in [5.41, 5.74) is 0.767. The Morgan fingerprint density at radius 1 is 1.53 bits per heavy atom. The predicted octanol–water partition coefficient (Wildman–Crippen LogP) is 2.66. The summed E-state index contributed by atoms with van der Waals surface area (Å²) in [5.74, 6) is 0.625. The summed E-state index contributed by atoms with van der Waals surface area (Å²) in [4.78, 5) is 11.7. The molecule has 1 N–H and O–H groups in total. The van der Waals surface area contributed by atoms with E-state index in [9.17, 15) is 4.79 Å². The van der Waals surface area contributed by atoms with Crippen LogP contribution in [0.2, 0.25) is 0 Å². The predicted molar refractivity (Wildman–Crippen MR) is 75.4 cm³/mol. The van der Waals surface area contributed by atoms with Crippen LogP contribution >= 0.6 is 22.6 Å². The van der Waals surface area contributed by atoms with E-state index in [1.165, 1.54) is 0 Å². The highest BCUT2D eigenvalue weighted by molar-refractivity contribution is 14.1. The molecule has 0 aliphatic rings. The van der Waals surface area contributed by atoms with Crippen LogP contribution in [0.3, 0.4) is 0 Å². The van der Waals surface area contributed by atoms with E-state index in [4.69, 9.17) is 9.47 Å². The van der Waals surface area contributed by atoms with Crippen LogP contribution in [0.4, 0.5) is 5.69 Å². The van der Waals surface area contributed by atoms with Gasteiger partial charge in [0.1, 0.15) is 11.9 Å². The minimum Gasteiger partial charge on any atom is -0.497 e. The molecule has 94 valence electrons. The molecule has 0 radical (unpaired) electrons. The molecule has 17 heavy (non-hydrogen) atoms. The van der Waals surface area contributed by atoms with Crippen molar-refractivity contribution in [2.75, 3.05) is 19.0 Å². The highest BCUT2D eigenvalue weighted by Crippen LogP contribution is 2.23. The van der Waals surface area contributed by atoms with Crippen LogP contribution in [0, 0.1) is 3.57 Å². The maximum absolute atomic E-state index is 11.7. The van der Waals surface area contributed by atoms with E-state index in [2.05, 4.69) is 27.9 Å². The van der Waals surface area contributed by atoms with Crippen molar-refractivity contribution in [3.05, 3.63) is 21.8 Å². The second-order valence-corrected chi connectivity index (χ2v) is 4.59. The molecule has 5 heteroatoms. The van der Waals surface area contributed by atoms with E-state index < -0.39 is 6.10 Å². The Labute approximate surface area is 115 Å². The molecular formula is C12H16INO3. The molecule has 0 aromatic heterocycles. The number of carbonyl (C=O) groups excluding carboxylic acids is 1. The highest BCUT2D eigenvalue weighted by atomic mass is 127. The fourth-order valence-corrected chi connectivity index (χ4v) is 1.91. The fourth-order valence-electron chi connectivity index (χ4n) is 1.28. The van der Waals surface area contributed by atoms with Crippen molar-refractivity contribution in [2.45, 2.75) is 20.0 Å². The van der Waals surface area contributed by atoms with Crippen LogP contribution in [0.25, 0.3) is 0 Å². The lowest BCUT2D eigenvalue weighted by Crippen LogP contribution is -2.27. The molecule has 0 heterocycles. The van der Waals surface area contributed by atoms with E-state index in [-0.39, 0.29) is 5.91 Å². The molecule has 0 saturated carbocycles. The van der Waals surface area contributed by atoms with Crippen LogP contribution in [0.15, 0.2) is 18.2 Å². The van der Waals surface area contributed by atoms with Gasteiger partial charge in [0.25, 0.3) is 5.91 Å². The van der Waals surface area contributed by atoms with Gasteiger partial charge in [0.15, 0.2) is 0 Å². The summed E-state index contributed by atoms with van der Waals surface area (Å²) < 4.78 is 11.2. The smallest absolute Gasteiger partial charge is 0.253 e. The van der Waals surface area contributed by atoms with Crippen molar-refractivity contribution in [2.24, 2.45) is 0 Å². The first-order valence-electron chi connectivity index (χ1n) is 5.34. The minimum atomic E-state index is -0.446. The van der Waals surface area contributed by atoms with E-state index >= 15 is 0 Å². The van der Waals surface area contributed by atoms with E-state index in [1.54, 1.807) is 14.0 Å². The zero-order valence-electron chi connectivity index (χ0n) is 10.1. The van der Waals surface area contributed by atoms with Crippen LogP contribution < -0.4 is 10.1 Å². The van der Waals surface area contributed by atoms with Gasteiger partial charge in [0.2, 0.25) is 0 Å². The van der Waals surface area contributed by atoms with Gasteiger partial charge in [-0.1, -0.05) is 0 Å². The monoisotopic (exact) mass is 349 g/mol. The van der Waals surface area contributed by atoms with Crippen molar-refractivity contribution in [1.82, 2.24) is 0 Å². The molecule has 0 saturated heterocycles. The first kappa shape index (κ1) is 14.2. The Morgan fingerprint density at radius 2 is 2.24 bits per heavy atom. The van der Waals surface area contributed by atoms with Gasteiger partial charge < -0.3 is 14.8 Å². The summed E-state index contributed by atoms with van der Waals surface area (Å²) in [6, 6.07) is 5.49. The SMILES string of the molecule is CCO[C@@H](C)C(=O)Nc1ccc(OC)cc1I. The number of amides is 1. The number of rotatable bonds is 5. The van der Waals surface area contributed by atoms with Crippen molar-refractivity contribution in [3.63, 3.8) is 0 Å². The lowest BCUT2D eigenvalue weighted by atomic mass is 10.3. The molecule has 0 fully saturated rings. The summed E-state index contributed by atoms with van der Waals surface area (Å²) in [6.07, 6.45) is -0.446. The number of anilines is 1. The van der Waals surface area contributed by atoms with Gasteiger partial charge in [-0.2, -0.15) is 0 Å². The van der Waals surface area contributed by atoms with Crippen LogP contribution in [-0.4, -0.2) is 25.7 Å². The average Bonchev–Trinajstić information content (AvgIpc) is 2.31. The average molecular weight is 349 g/mol. The molecule has 0 unspecified atom stereocenters.